The second-order valence-electron chi connectivity index (χ2n) is 8.40. The van der Waals surface area contributed by atoms with Gasteiger partial charge >= 0.3 is 0 Å². The number of nitrogens with zero attached hydrogens (tertiary/aromatic N) is 4. The molecule has 164 valence electrons. The van der Waals surface area contributed by atoms with Gasteiger partial charge in [-0.3, -0.25) is 9.59 Å². The first-order chi connectivity index (χ1) is 15.5. The number of hydrogen-bond acceptors (Lipinski definition) is 5. The first kappa shape index (κ1) is 20.7. The van der Waals surface area contributed by atoms with Gasteiger partial charge in [0.05, 0.1) is 5.92 Å². The van der Waals surface area contributed by atoms with Gasteiger partial charge in [0, 0.05) is 35.8 Å². The fourth-order valence-electron chi connectivity index (χ4n) is 4.48. The topological polar surface area (TPSA) is 79.5 Å². The van der Waals surface area contributed by atoms with E-state index in [0.29, 0.717) is 29.8 Å². The normalized spacial score (nSPS) is 20.9. The number of rotatable bonds is 4. The summed E-state index contributed by atoms with van der Waals surface area (Å²) in [6, 6.07) is 14.8. The minimum absolute atomic E-state index is 0.0412. The molecular formula is C24H23ClN4O3. The van der Waals surface area contributed by atoms with E-state index in [1.165, 1.54) is 0 Å². The third-order valence-corrected chi connectivity index (χ3v) is 6.40. The van der Waals surface area contributed by atoms with Gasteiger partial charge in [-0.1, -0.05) is 52.7 Å². The second kappa shape index (κ2) is 8.39. The largest absolute Gasteiger partial charge is 0.337 e. The number of anilines is 1. The molecule has 0 saturated carbocycles. The van der Waals surface area contributed by atoms with Crippen LogP contribution in [0.1, 0.15) is 36.8 Å². The van der Waals surface area contributed by atoms with Crippen molar-refractivity contribution >= 4 is 29.1 Å². The fraction of sp³-hybridized carbons (Fsp3) is 0.333. The lowest BCUT2D eigenvalue weighted by molar-refractivity contribution is -0.137. The number of carbonyl (C=O) groups is 2. The van der Waals surface area contributed by atoms with E-state index in [9.17, 15) is 9.59 Å². The minimum atomic E-state index is -0.401. The molecule has 0 aliphatic carbocycles. The van der Waals surface area contributed by atoms with E-state index < -0.39 is 5.92 Å². The van der Waals surface area contributed by atoms with Crippen LogP contribution in [0.2, 0.25) is 5.02 Å². The molecule has 8 heteroatoms. The minimum Gasteiger partial charge on any atom is -0.337 e. The van der Waals surface area contributed by atoms with Crippen LogP contribution in [0.5, 0.6) is 0 Å². The van der Waals surface area contributed by atoms with Crippen molar-refractivity contribution in [1.29, 1.82) is 0 Å². The summed E-state index contributed by atoms with van der Waals surface area (Å²) in [5.41, 5.74) is 2.75. The van der Waals surface area contributed by atoms with Crippen molar-refractivity contribution in [1.82, 2.24) is 15.0 Å². The van der Waals surface area contributed by atoms with Crippen LogP contribution in [-0.2, 0) is 9.59 Å². The summed E-state index contributed by atoms with van der Waals surface area (Å²) in [7, 11) is 0. The predicted molar refractivity (Wildman–Crippen MR) is 120 cm³/mol. The van der Waals surface area contributed by atoms with Gasteiger partial charge in [-0.2, -0.15) is 4.98 Å². The molecule has 0 bridgehead atoms. The molecule has 3 aromatic rings. The van der Waals surface area contributed by atoms with Gasteiger partial charge < -0.3 is 14.3 Å². The third-order valence-electron chi connectivity index (χ3n) is 6.17. The number of carbonyl (C=O) groups excluding carboxylic acids is 2. The summed E-state index contributed by atoms with van der Waals surface area (Å²) in [5.74, 6) is 0.452. The Morgan fingerprint density at radius 2 is 2.00 bits per heavy atom. The average Bonchev–Trinajstić information content (AvgIpc) is 3.53. The zero-order valence-corrected chi connectivity index (χ0v) is 18.5. The van der Waals surface area contributed by atoms with Gasteiger partial charge in [-0.05, 0) is 38.0 Å². The summed E-state index contributed by atoms with van der Waals surface area (Å²) in [5, 5.41) is 4.69. The van der Waals surface area contributed by atoms with E-state index in [1.54, 1.807) is 28.0 Å². The van der Waals surface area contributed by atoms with Gasteiger partial charge in [0.2, 0.25) is 23.5 Å². The maximum atomic E-state index is 13.4. The Morgan fingerprint density at radius 3 is 2.78 bits per heavy atom. The van der Waals surface area contributed by atoms with E-state index >= 15 is 0 Å². The Hall–Kier alpha value is -3.19. The van der Waals surface area contributed by atoms with Crippen molar-refractivity contribution < 1.29 is 14.1 Å². The van der Waals surface area contributed by atoms with E-state index in [0.717, 1.165) is 29.7 Å². The average molecular weight is 451 g/mol. The lowest BCUT2D eigenvalue weighted by Crippen LogP contribution is -2.37. The molecule has 0 N–H and O–H groups in total. The van der Waals surface area contributed by atoms with E-state index in [1.807, 2.05) is 37.3 Å². The van der Waals surface area contributed by atoms with Gasteiger partial charge in [-0.25, -0.2) is 0 Å². The molecular weight excluding hydrogens is 428 g/mol. The summed E-state index contributed by atoms with van der Waals surface area (Å²) in [6.07, 6.45) is 1.81. The number of aromatic nitrogens is 2. The van der Waals surface area contributed by atoms with Crippen molar-refractivity contribution in [2.45, 2.75) is 32.2 Å². The van der Waals surface area contributed by atoms with Crippen molar-refractivity contribution in [3.05, 3.63) is 65.0 Å². The summed E-state index contributed by atoms with van der Waals surface area (Å²) in [4.78, 5) is 34.0. The van der Waals surface area contributed by atoms with Crippen molar-refractivity contribution in [3.63, 3.8) is 0 Å². The Bertz CT molecular complexity index is 1160. The molecule has 7 nitrogen and oxygen atoms in total. The number of benzene rings is 2. The van der Waals surface area contributed by atoms with Crippen LogP contribution in [-0.4, -0.2) is 39.9 Å². The highest BCUT2D eigenvalue weighted by Gasteiger charge is 2.42. The first-order valence-electron chi connectivity index (χ1n) is 10.8. The van der Waals surface area contributed by atoms with Crippen LogP contribution < -0.4 is 4.90 Å². The molecule has 2 amide bonds. The number of amides is 2. The van der Waals surface area contributed by atoms with Crippen LogP contribution in [0.3, 0.4) is 0 Å². The van der Waals surface area contributed by atoms with Crippen LogP contribution in [0.15, 0.2) is 53.1 Å². The Morgan fingerprint density at radius 1 is 1.19 bits per heavy atom. The molecule has 5 rings (SSSR count). The van der Waals surface area contributed by atoms with Crippen LogP contribution in [0, 0.1) is 12.8 Å². The molecule has 2 aromatic carbocycles. The van der Waals surface area contributed by atoms with Crippen LogP contribution in [0.4, 0.5) is 5.69 Å². The molecule has 0 spiro atoms. The molecule has 2 saturated heterocycles. The monoisotopic (exact) mass is 450 g/mol. The molecule has 0 unspecified atom stereocenters. The van der Waals surface area contributed by atoms with Gasteiger partial charge in [0.15, 0.2) is 0 Å². The highest BCUT2D eigenvalue weighted by Crippen LogP contribution is 2.35. The quantitative estimate of drug-likeness (QED) is 0.588. The van der Waals surface area contributed by atoms with E-state index in [-0.39, 0.29) is 24.3 Å². The molecule has 2 atom stereocenters. The van der Waals surface area contributed by atoms with Crippen LogP contribution in [0.25, 0.3) is 11.4 Å². The first-order valence-corrected chi connectivity index (χ1v) is 11.1. The zero-order valence-electron chi connectivity index (χ0n) is 17.7. The van der Waals surface area contributed by atoms with Crippen molar-refractivity contribution in [2.24, 2.45) is 5.92 Å². The maximum Gasteiger partial charge on any atom is 0.249 e. The van der Waals surface area contributed by atoms with E-state index in [2.05, 4.69) is 10.1 Å². The van der Waals surface area contributed by atoms with Gasteiger partial charge in [0.25, 0.3) is 0 Å². The number of aryl methyl sites for hydroxylation is 1. The summed E-state index contributed by atoms with van der Waals surface area (Å²) in [6.45, 7) is 2.99. The molecule has 32 heavy (non-hydrogen) atoms. The third kappa shape index (κ3) is 3.88. The molecule has 1 aromatic heterocycles. The number of likely N-dealkylation sites (tertiary alicyclic amines) is 1. The SMILES string of the molecule is Cc1ccc(-c2noc([C@@H]3CCCN3C(=O)[C@@H]3CC(=O)N(c4cccc(Cl)c4)C3)n2)cc1. The number of hydrogen-bond donors (Lipinski definition) is 0. The Labute approximate surface area is 191 Å². The molecule has 2 fully saturated rings. The lowest BCUT2D eigenvalue weighted by atomic mass is 10.1. The van der Waals surface area contributed by atoms with Gasteiger partial charge in [-0.15, -0.1) is 0 Å². The second-order valence-corrected chi connectivity index (χ2v) is 8.83. The van der Waals surface area contributed by atoms with Crippen molar-refractivity contribution in [2.75, 3.05) is 18.0 Å². The summed E-state index contributed by atoms with van der Waals surface area (Å²) >= 11 is 6.08. The highest BCUT2D eigenvalue weighted by molar-refractivity contribution is 6.31. The molecule has 2 aliphatic rings. The highest BCUT2D eigenvalue weighted by atomic mass is 35.5. The Kier molecular flexibility index (Phi) is 5.43. The lowest BCUT2D eigenvalue weighted by Gasteiger charge is -2.25. The summed E-state index contributed by atoms with van der Waals surface area (Å²) < 4.78 is 5.55. The smallest absolute Gasteiger partial charge is 0.249 e. The van der Waals surface area contributed by atoms with Crippen LogP contribution >= 0.6 is 11.6 Å². The standard InChI is InChI=1S/C24H23ClN4O3/c1-15-7-9-16(10-8-15)22-26-23(32-27-22)20-6-3-11-28(20)24(31)17-12-21(30)29(14-17)19-5-2-4-18(25)13-19/h2,4-5,7-10,13,17,20H,3,6,11-12,14H2,1H3/t17-,20+/m1/s1. The molecule has 3 heterocycles. The fourth-order valence-corrected chi connectivity index (χ4v) is 4.66. The molecule has 0 radical (unpaired) electrons. The molecule has 2 aliphatic heterocycles. The zero-order chi connectivity index (χ0) is 22.2. The van der Waals surface area contributed by atoms with E-state index in [4.69, 9.17) is 16.1 Å². The number of halogens is 1. The van der Waals surface area contributed by atoms with Gasteiger partial charge in [0.1, 0.15) is 6.04 Å². The predicted octanol–water partition coefficient (Wildman–Crippen LogP) is 4.42. The maximum absolute atomic E-state index is 13.4. The Balaban J connectivity index is 1.32. The van der Waals surface area contributed by atoms with Crippen molar-refractivity contribution in [3.8, 4) is 11.4 Å².